The first-order valence-corrected chi connectivity index (χ1v) is 5.81. The predicted octanol–water partition coefficient (Wildman–Crippen LogP) is 2.32. The molecule has 0 unspecified atom stereocenters. The number of ether oxygens (including phenoxy) is 1. The normalized spacial score (nSPS) is 10.1. The molecule has 0 spiro atoms. The van der Waals surface area contributed by atoms with Gasteiger partial charge in [-0.15, -0.1) is 0 Å². The third kappa shape index (κ3) is 3.04. The zero-order valence-corrected chi connectivity index (χ0v) is 10.8. The van der Waals surface area contributed by atoms with Crippen molar-refractivity contribution in [3.63, 3.8) is 0 Å². The van der Waals surface area contributed by atoms with E-state index >= 15 is 0 Å². The molecule has 1 heterocycles. The highest BCUT2D eigenvalue weighted by molar-refractivity contribution is 6.33. The van der Waals surface area contributed by atoms with E-state index in [0.717, 1.165) is 0 Å². The number of hydrogen-bond donors (Lipinski definition) is 2. The highest BCUT2D eigenvalue weighted by atomic mass is 35.5. The minimum atomic E-state index is -1.17. The smallest absolute Gasteiger partial charge is 0.337 e. The van der Waals surface area contributed by atoms with Crippen molar-refractivity contribution in [2.75, 3.05) is 0 Å². The molecule has 102 valence electrons. The first kappa shape index (κ1) is 13.8. The third-order valence-corrected chi connectivity index (χ3v) is 2.72. The van der Waals surface area contributed by atoms with E-state index in [0.29, 0.717) is 11.3 Å². The molecule has 0 aliphatic carbocycles. The fourth-order valence-corrected chi connectivity index (χ4v) is 1.63. The molecule has 0 aliphatic heterocycles. The third-order valence-electron chi connectivity index (χ3n) is 2.42. The Balaban J connectivity index is 2.23. The summed E-state index contributed by atoms with van der Waals surface area (Å²) in [6.07, 6.45) is 1.19. The molecule has 0 radical (unpaired) electrons. The van der Waals surface area contributed by atoms with Gasteiger partial charge in [0.25, 0.3) is 0 Å². The number of carbonyl (C=O) groups is 2. The molecule has 2 rings (SSSR count). The van der Waals surface area contributed by atoms with Gasteiger partial charge < -0.3 is 15.6 Å². The number of aromatic nitrogens is 1. The molecule has 1 aromatic carbocycles. The number of carboxylic acid groups (broad SMARTS) is 1. The van der Waals surface area contributed by atoms with E-state index in [4.69, 9.17) is 27.2 Å². The number of primary amides is 1. The molecule has 0 saturated heterocycles. The number of aromatic carboxylic acids is 1. The number of nitrogens with two attached hydrogens (primary N) is 1. The number of halogens is 1. The van der Waals surface area contributed by atoms with Crippen molar-refractivity contribution in [3.8, 4) is 11.6 Å². The number of rotatable bonds is 4. The van der Waals surface area contributed by atoms with Crippen LogP contribution in [-0.4, -0.2) is 22.0 Å². The van der Waals surface area contributed by atoms with Gasteiger partial charge in [0.15, 0.2) is 0 Å². The Labute approximate surface area is 118 Å². The predicted molar refractivity (Wildman–Crippen MR) is 71.2 cm³/mol. The second-order valence-corrected chi connectivity index (χ2v) is 4.21. The van der Waals surface area contributed by atoms with Gasteiger partial charge in [0.2, 0.25) is 11.8 Å². The van der Waals surface area contributed by atoms with Gasteiger partial charge in [0.1, 0.15) is 5.75 Å². The molecule has 6 nitrogen and oxygen atoms in total. The van der Waals surface area contributed by atoms with Crippen molar-refractivity contribution in [1.29, 1.82) is 0 Å². The molecular formula is C13H9ClN2O4. The lowest BCUT2D eigenvalue weighted by molar-refractivity contribution is 0.0696. The average molecular weight is 293 g/mol. The number of nitrogens with zero attached hydrogens (tertiary/aromatic N) is 1. The summed E-state index contributed by atoms with van der Waals surface area (Å²) in [6, 6.07) is 7.25. The molecule has 7 heteroatoms. The van der Waals surface area contributed by atoms with Gasteiger partial charge >= 0.3 is 5.97 Å². The van der Waals surface area contributed by atoms with E-state index in [-0.39, 0.29) is 16.5 Å². The SMILES string of the molecule is NC(=O)c1ccc(Oc2cc(C(=O)O)c(Cl)cn2)cc1. The number of carbonyl (C=O) groups excluding carboxylic acids is 1. The van der Waals surface area contributed by atoms with E-state index in [1.165, 1.54) is 36.5 Å². The van der Waals surface area contributed by atoms with Crippen molar-refractivity contribution >= 4 is 23.5 Å². The Kier molecular flexibility index (Phi) is 3.86. The molecule has 1 amide bonds. The molecule has 3 N–H and O–H groups in total. The Bertz CT molecular complexity index is 671. The van der Waals surface area contributed by atoms with Crippen LogP contribution in [-0.2, 0) is 0 Å². The van der Waals surface area contributed by atoms with Crippen molar-refractivity contribution in [2.45, 2.75) is 0 Å². The monoisotopic (exact) mass is 292 g/mol. The number of carboxylic acids is 1. The quantitative estimate of drug-likeness (QED) is 0.900. The standard InChI is InChI=1S/C13H9ClN2O4/c14-10-6-16-11(5-9(10)13(18)19)20-8-3-1-7(2-4-8)12(15)17/h1-6H,(H2,15,17)(H,18,19). The van der Waals surface area contributed by atoms with Crippen LogP contribution in [0, 0.1) is 0 Å². The summed E-state index contributed by atoms with van der Waals surface area (Å²) >= 11 is 5.70. The molecule has 0 saturated carbocycles. The van der Waals surface area contributed by atoms with Gasteiger partial charge in [0.05, 0.1) is 16.8 Å². The molecule has 20 heavy (non-hydrogen) atoms. The second kappa shape index (κ2) is 5.58. The van der Waals surface area contributed by atoms with Crippen LogP contribution in [0.5, 0.6) is 11.6 Å². The van der Waals surface area contributed by atoms with Crippen LogP contribution >= 0.6 is 11.6 Å². The van der Waals surface area contributed by atoms with E-state index in [1.807, 2.05) is 0 Å². The van der Waals surface area contributed by atoms with Crippen LogP contribution < -0.4 is 10.5 Å². The van der Waals surface area contributed by atoms with E-state index in [1.54, 1.807) is 0 Å². The zero-order chi connectivity index (χ0) is 14.7. The van der Waals surface area contributed by atoms with Crippen LogP contribution in [0.1, 0.15) is 20.7 Å². The summed E-state index contributed by atoms with van der Waals surface area (Å²) in [4.78, 5) is 25.7. The molecule has 1 aromatic heterocycles. The van der Waals surface area contributed by atoms with Gasteiger partial charge in [-0.1, -0.05) is 11.6 Å². The van der Waals surface area contributed by atoms with Crippen molar-refractivity contribution in [1.82, 2.24) is 4.98 Å². The van der Waals surface area contributed by atoms with E-state index in [9.17, 15) is 9.59 Å². The molecule has 0 atom stereocenters. The fourth-order valence-electron chi connectivity index (χ4n) is 1.45. The van der Waals surface area contributed by atoms with Crippen LogP contribution in [0.2, 0.25) is 5.02 Å². The largest absolute Gasteiger partial charge is 0.478 e. The van der Waals surface area contributed by atoms with Gasteiger partial charge in [-0.2, -0.15) is 0 Å². The lowest BCUT2D eigenvalue weighted by Crippen LogP contribution is -2.10. The second-order valence-electron chi connectivity index (χ2n) is 3.80. The van der Waals surface area contributed by atoms with Crippen molar-refractivity contribution in [3.05, 3.63) is 52.7 Å². The maximum absolute atomic E-state index is 10.9. The first-order valence-electron chi connectivity index (χ1n) is 5.44. The lowest BCUT2D eigenvalue weighted by Gasteiger charge is -2.06. The summed E-state index contributed by atoms with van der Waals surface area (Å²) in [5, 5.41) is 8.96. The minimum absolute atomic E-state index is 0.0222. The van der Waals surface area contributed by atoms with Gasteiger partial charge in [-0.05, 0) is 24.3 Å². The highest BCUT2D eigenvalue weighted by Gasteiger charge is 2.11. The number of benzene rings is 1. The highest BCUT2D eigenvalue weighted by Crippen LogP contribution is 2.24. The number of hydrogen-bond acceptors (Lipinski definition) is 4. The summed E-state index contributed by atoms with van der Waals surface area (Å²) in [6.45, 7) is 0. The van der Waals surface area contributed by atoms with E-state index < -0.39 is 11.9 Å². The van der Waals surface area contributed by atoms with Gasteiger partial charge in [-0.3, -0.25) is 4.79 Å². The molecule has 0 fully saturated rings. The van der Waals surface area contributed by atoms with Crippen molar-refractivity contribution in [2.24, 2.45) is 5.73 Å². The topological polar surface area (TPSA) is 103 Å². The Morgan fingerprint density at radius 2 is 1.90 bits per heavy atom. The Hall–Kier alpha value is -2.60. The maximum atomic E-state index is 10.9. The average Bonchev–Trinajstić information content (AvgIpc) is 2.41. The first-order chi connectivity index (χ1) is 9.47. The van der Waals surface area contributed by atoms with E-state index in [2.05, 4.69) is 4.98 Å². The minimum Gasteiger partial charge on any atom is -0.478 e. The van der Waals surface area contributed by atoms with Gasteiger partial charge in [-0.25, -0.2) is 9.78 Å². The number of pyridine rings is 1. The van der Waals surface area contributed by atoms with Crippen molar-refractivity contribution < 1.29 is 19.4 Å². The summed E-state index contributed by atoms with van der Waals surface area (Å²) in [5.41, 5.74) is 5.35. The van der Waals surface area contributed by atoms with Crippen LogP contribution in [0.15, 0.2) is 36.5 Å². The van der Waals surface area contributed by atoms with Crippen LogP contribution in [0.25, 0.3) is 0 Å². The molecule has 0 bridgehead atoms. The van der Waals surface area contributed by atoms with Gasteiger partial charge in [0, 0.05) is 11.6 Å². The Morgan fingerprint density at radius 1 is 1.25 bits per heavy atom. The Morgan fingerprint density at radius 3 is 2.45 bits per heavy atom. The fraction of sp³-hybridized carbons (Fsp3) is 0. The van der Waals surface area contributed by atoms with Crippen LogP contribution in [0.4, 0.5) is 0 Å². The lowest BCUT2D eigenvalue weighted by atomic mass is 10.2. The van der Waals surface area contributed by atoms with Crippen LogP contribution in [0.3, 0.4) is 0 Å². The summed E-state index contributed by atoms with van der Waals surface area (Å²) in [7, 11) is 0. The molecular weight excluding hydrogens is 284 g/mol. The summed E-state index contributed by atoms with van der Waals surface area (Å²) in [5.74, 6) is -1.25. The maximum Gasteiger partial charge on any atom is 0.337 e. The molecule has 0 aliphatic rings. The molecule has 2 aromatic rings. The number of amides is 1. The summed E-state index contributed by atoms with van der Waals surface area (Å²) < 4.78 is 5.37. The zero-order valence-electron chi connectivity index (χ0n) is 10.0.